The van der Waals surface area contributed by atoms with Crippen LogP contribution in [0.25, 0.3) is 0 Å². The van der Waals surface area contributed by atoms with E-state index >= 15 is 0 Å². The summed E-state index contributed by atoms with van der Waals surface area (Å²) in [5, 5.41) is 9.51. The third-order valence-electron chi connectivity index (χ3n) is 4.72. The van der Waals surface area contributed by atoms with Crippen LogP contribution >= 0.6 is 0 Å². The molecule has 0 bridgehead atoms. The molecule has 1 rings (SSSR count). The predicted molar refractivity (Wildman–Crippen MR) is 78.6 cm³/mol. The first kappa shape index (κ1) is 17.0. The van der Waals surface area contributed by atoms with E-state index in [1.807, 2.05) is 37.5 Å². The monoisotopic (exact) mass is 284 g/mol. The Labute approximate surface area is 121 Å². The Balaban J connectivity index is 2.81. The van der Waals surface area contributed by atoms with Gasteiger partial charge in [-0.3, -0.25) is 14.5 Å². The normalized spacial score (nSPS) is 25.2. The third kappa shape index (κ3) is 3.32. The maximum absolute atomic E-state index is 12.4. The van der Waals surface area contributed by atoms with Crippen LogP contribution in [-0.2, 0) is 9.59 Å². The molecule has 5 nitrogen and oxygen atoms in total. The van der Waals surface area contributed by atoms with Crippen molar-refractivity contribution < 1.29 is 14.7 Å². The van der Waals surface area contributed by atoms with Crippen molar-refractivity contribution in [1.29, 1.82) is 0 Å². The number of piperidine rings is 1. The molecule has 0 aromatic rings. The van der Waals surface area contributed by atoms with Crippen molar-refractivity contribution in [3.8, 4) is 0 Å². The fourth-order valence-electron chi connectivity index (χ4n) is 3.07. The number of amides is 1. The van der Waals surface area contributed by atoms with E-state index in [-0.39, 0.29) is 11.9 Å². The number of likely N-dealkylation sites (tertiary alicyclic amines) is 1. The summed E-state index contributed by atoms with van der Waals surface area (Å²) in [6, 6.07) is -0.236. The molecule has 20 heavy (non-hydrogen) atoms. The number of likely N-dealkylation sites (N-methyl/N-ethyl adjacent to an activating group) is 1. The zero-order valence-electron chi connectivity index (χ0n) is 13.2. The minimum Gasteiger partial charge on any atom is -0.481 e. The molecule has 2 unspecified atom stereocenters. The van der Waals surface area contributed by atoms with Gasteiger partial charge in [0.25, 0.3) is 0 Å². The molecule has 0 aromatic carbocycles. The number of carboxylic acids is 1. The summed E-state index contributed by atoms with van der Waals surface area (Å²) in [7, 11) is 0. The van der Waals surface area contributed by atoms with Crippen molar-refractivity contribution >= 4 is 11.9 Å². The number of carboxylic acid groups (broad SMARTS) is 1. The lowest BCUT2D eigenvalue weighted by Gasteiger charge is -2.42. The Morgan fingerprint density at radius 2 is 1.90 bits per heavy atom. The smallest absolute Gasteiger partial charge is 0.310 e. The van der Waals surface area contributed by atoms with E-state index in [4.69, 9.17) is 0 Å². The molecule has 1 heterocycles. The van der Waals surface area contributed by atoms with Crippen LogP contribution in [0.15, 0.2) is 0 Å². The number of hydrogen-bond donors (Lipinski definition) is 1. The minimum absolute atomic E-state index is 0.104. The van der Waals surface area contributed by atoms with Gasteiger partial charge in [0, 0.05) is 19.6 Å². The van der Waals surface area contributed by atoms with Crippen molar-refractivity contribution in [3.05, 3.63) is 0 Å². The average molecular weight is 284 g/mol. The Bertz CT molecular complexity index is 355. The summed E-state index contributed by atoms with van der Waals surface area (Å²) in [5.41, 5.74) is -0.684. The van der Waals surface area contributed by atoms with Crippen LogP contribution in [0.5, 0.6) is 0 Å². The third-order valence-corrected chi connectivity index (χ3v) is 4.72. The largest absolute Gasteiger partial charge is 0.481 e. The zero-order chi connectivity index (χ0) is 15.3. The Kier molecular flexibility index (Phi) is 5.99. The highest BCUT2D eigenvalue weighted by molar-refractivity contribution is 5.81. The lowest BCUT2D eigenvalue weighted by molar-refractivity contribution is -0.155. The molecule has 1 aliphatic rings. The summed E-state index contributed by atoms with van der Waals surface area (Å²) in [6.07, 6.45) is 2.17. The molecule has 1 fully saturated rings. The summed E-state index contributed by atoms with van der Waals surface area (Å²) >= 11 is 0. The fraction of sp³-hybridized carbons (Fsp3) is 0.867. The van der Waals surface area contributed by atoms with Gasteiger partial charge in [0.05, 0.1) is 11.5 Å². The quantitative estimate of drug-likeness (QED) is 0.808. The minimum atomic E-state index is -0.729. The summed E-state index contributed by atoms with van der Waals surface area (Å²) in [6.45, 7) is 10.4. The van der Waals surface area contributed by atoms with Gasteiger partial charge in [-0.25, -0.2) is 0 Å². The Morgan fingerprint density at radius 1 is 1.30 bits per heavy atom. The molecule has 0 spiro atoms. The van der Waals surface area contributed by atoms with Crippen molar-refractivity contribution in [1.82, 2.24) is 9.80 Å². The van der Waals surface area contributed by atoms with E-state index in [9.17, 15) is 14.7 Å². The van der Waals surface area contributed by atoms with Gasteiger partial charge in [-0.2, -0.15) is 0 Å². The van der Waals surface area contributed by atoms with E-state index < -0.39 is 11.4 Å². The number of nitrogens with zero attached hydrogens (tertiary/aromatic N) is 2. The molecule has 116 valence electrons. The van der Waals surface area contributed by atoms with Gasteiger partial charge in [-0.15, -0.1) is 0 Å². The van der Waals surface area contributed by atoms with E-state index in [1.165, 1.54) is 0 Å². The number of carbonyl (C=O) groups excluding carboxylic acids is 1. The van der Waals surface area contributed by atoms with Crippen LogP contribution < -0.4 is 0 Å². The molecule has 0 radical (unpaired) electrons. The molecule has 0 aliphatic carbocycles. The summed E-state index contributed by atoms with van der Waals surface area (Å²) in [5.74, 6) is -0.625. The maximum Gasteiger partial charge on any atom is 0.310 e. The first-order chi connectivity index (χ1) is 9.41. The van der Waals surface area contributed by atoms with Crippen LogP contribution in [0.4, 0.5) is 0 Å². The molecule has 1 amide bonds. The van der Waals surface area contributed by atoms with Crippen molar-refractivity contribution in [2.45, 2.75) is 53.0 Å². The van der Waals surface area contributed by atoms with Gasteiger partial charge in [0.15, 0.2) is 0 Å². The number of carbonyl (C=O) groups is 2. The van der Waals surface area contributed by atoms with E-state index in [0.717, 1.165) is 13.0 Å². The zero-order valence-corrected chi connectivity index (χ0v) is 13.2. The van der Waals surface area contributed by atoms with Crippen molar-refractivity contribution in [3.63, 3.8) is 0 Å². The van der Waals surface area contributed by atoms with E-state index in [1.54, 1.807) is 0 Å². The molecule has 5 heteroatoms. The lowest BCUT2D eigenvalue weighted by atomic mass is 9.77. The van der Waals surface area contributed by atoms with Gasteiger partial charge in [0.2, 0.25) is 5.91 Å². The van der Waals surface area contributed by atoms with Crippen LogP contribution in [0, 0.1) is 5.41 Å². The molecule has 1 aliphatic heterocycles. The van der Waals surface area contributed by atoms with E-state index in [0.29, 0.717) is 32.5 Å². The first-order valence-electron chi connectivity index (χ1n) is 7.68. The van der Waals surface area contributed by atoms with Crippen LogP contribution in [-0.4, -0.2) is 59.0 Å². The van der Waals surface area contributed by atoms with Crippen LogP contribution in [0.3, 0.4) is 0 Å². The molecular weight excluding hydrogens is 256 g/mol. The van der Waals surface area contributed by atoms with Crippen LogP contribution in [0.1, 0.15) is 47.0 Å². The van der Waals surface area contributed by atoms with Gasteiger partial charge < -0.3 is 10.0 Å². The van der Waals surface area contributed by atoms with Crippen molar-refractivity contribution in [2.24, 2.45) is 5.41 Å². The average Bonchev–Trinajstić information content (AvgIpc) is 2.47. The predicted octanol–water partition coefficient (Wildman–Crippen LogP) is 1.82. The van der Waals surface area contributed by atoms with Crippen LogP contribution in [0.2, 0.25) is 0 Å². The molecule has 0 aromatic heterocycles. The highest BCUT2D eigenvalue weighted by atomic mass is 16.4. The maximum atomic E-state index is 12.4. The fourth-order valence-corrected chi connectivity index (χ4v) is 3.07. The second-order valence-electron chi connectivity index (χ2n) is 5.70. The topological polar surface area (TPSA) is 60.9 Å². The van der Waals surface area contributed by atoms with E-state index in [2.05, 4.69) is 0 Å². The molecule has 1 saturated heterocycles. The summed E-state index contributed by atoms with van der Waals surface area (Å²) < 4.78 is 0. The second-order valence-corrected chi connectivity index (χ2v) is 5.70. The SMILES string of the molecule is CCN(CC)C(=O)C(C)N1CCCC(CC)(C(=O)O)C1. The summed E-state index contributed by atoms with van der Waals surface area (Å²) in [4.78, 5) is 27.8. The van der Waals surface area contributed by atoms with Gasteiger partial charge in [-0.05, 0) is 46.6 Å². The molecule has 0 saturated carbocycles. The Morgan fingerprint density at radius 3 is 2.35 bits per heavy atom. The molecular formula is C15H28N2O3. The lowest BCUT2D eigenvalue weighted by Crippen LogP contribution is -2.55. The van der Waals surface area contributed by atoms with Crippen molar-refractivity contribution in [2.75, 3.05) is 26.2 Å². The first-order valence-corrected chi connectivity index (χ1v) is 7.68. The second kappa shape index (κ2) is 7.07. The standard InChI is InChI=1S/C15H28N2O3/c1-5-15(14(19)20)9-8-10-17(11-15)12(4)13(18)16(6-2)7-3/h12H,5-11H2,1-4H3,(H,19,20). The molecule has 2 atom stereocenters. The number of aliphatic carboxylic acids is 1. The van der Waals surface area contributed by atoms with Gasteiger partial charge in [0.1, 0.15) is 0 Å². The number of rotatable bonds is 6. The molecule has 1 N–H and O–H groups in total. The number of hydrogen-bond acceptors (Lipinski definition) is 3. The highest BCUT2D eigenvalue weighted by Gasteiger charge is 2.43. The highest BCUT2D eigenvalue weighted by Crippen LogP contribution is 2.34. The van der Waals surface area contributed by atoms with Gasteiger partial charge in [-0.1, -0.05) is 6.92 Å². The van der Waals surface area contributed by atoms with Gasteiger partial charge >= 0.3 is 5.97 Å². The Hall–Kier alpha value is -1.10.